The monoisotopic (exact) mass is 478 g/mol. The average Bonchev–Trinajstić information content (AvgIpc) is 3.40. The standard InChI is InChI=1S/C25H34N8O2/c1-18(34)32-12-14-33(15-13-32)20-8-6-19(7-9-20)10-11-30(2)23-17-22(29-25(27)31(23)3)28-24(26)21-5-4-16-35-21/h4-9,16-17,25H,10-15,27H2,1-3H3,(H2,26,28,29). The van der Waals surface area contributed by atoms with Gasteiger partial charge in [-0.05, 0) is 36.2 Å². The molecule has 10 nitrogen and oxygen atoms in total. The molecule has 2 aliphatic heterocycles. The van der Waals surface area contributed by atoms with Gasteiger partial charge in [0.05, 0.1) is 6.26 Å². The first-order valence-electron chi connectivity index (χ1n) is 11.8. The molecule has 1 aromatic heterocycles. The first-order valence-corrected chi connectivity index (χ1v) is 11.8. The van der Waals surface area contributed by atoms with E-state index >= 15 is 0 Å². The van der Waals surface area contributed by atoms with E-state index in [0.29, 0.717) is 11.6 Å². The number of carbonyl (C=O) groups excluding carboxylic acids is 1. The first-order chi connectivity index (χ1) is 16.8. The normalized spacial score (nSPS) is 18.9. The van der Waals surface area contributed by atoms with Crippen LogP contribution in [0.4, 0.5) is 5.69 Å². The number of aliphatic imine (C=N–C) groups is 2. The van der Waals surface area contributed by atoms with Crippen LogP contribution in [0.3, 0.4) is 0 Å². The summed E-state index contributed by atoms with van der Waals surface area (Å²) in [5, 5.41) is 0. The highest BCUT2D eigenvalue weighted by atomic mass is 16.3. The molecular weight excluding hydrogens is 444 g/mol. The predicted molar refractivity (Wildman–Crippen MR) is 138 cm³/mol. The van der Waals surface area contributed by atoms with Crippen LogP contribution in [0.5, 0.6) is 0 Å². The van der Waals surface area contributed by atoms with Crippen LogP contribution in [-0.4, -0.2) is 85.4 Å². The molecule has 1 amide bonds. The van der Waals surface area contributed by atoms with Gasteiger partial charge in [0.25, 0.3) is 0 Å². The van der Waals surface area contributed by atoms with E-state index in [0.717, 1.165) is 45.0 Å². The molecule has 2 aromatic rings. The van der Waals surface area contributed by atoms with E-state index in [1.165, 1.54) is 11.3 Å². The van der Waals surface area contributed by atoms with Crippen molar-refractivity contribution in [2.24, 2.45) is 21.5 Å². The van der Waals surface area contributed by atoms with E-state index in [9.17, 15) is 4.79 Å². The van der Waals surface area contributed by atoms with E-state index < -0.39 is 6.29 Å². The van der Waals surface area contributed by atoms with Crippen LogP contribution in [0.2, 0.25) is 0 Å². The van der Waals surface area contributed by atoms with Gasteiger partial charge in [0, 0.05) is 65.5 Å². The Morgan fingerprint density at radius 2 is 1.91 bits per heavy atom. The molecule has 0 spiro atoms. The molecule has 0 radical (unpaired) electrons. The number of amides is 1. The lowest BCUT2D eigenvalue weighted by molar-refractivity contribution is -0.129. The van der Waals surface area contributed by atoms with Gasteiger partial charge in [0.2, 0.25) is 5.91 Å². The Balaban J connectivity index is 1.36. The van der Waals surface area contributed by atoms with Crippen LogP contribution in [0.15, 0.2) is 69.0 Å². The third kappa shape index (κ3) is 5.83. The van der Waals surface area contributed by atoms with E-state index in [2.05, 4.69) is 44.1 Å². The number of nitrogens with zero attached hydrogens (tertiary/aromatic N) is 6. The molecule has 1 saturated heterocycles. The number of carbonyl (C=O) groups is 1. The number of nitrogens with two attached hydrogens (primary N) is 2. The van der Waals surface area contributed by atoms with E-state index in [1.54, 1.807) is 25.3 Å². The highest BCUT2D eigenvalue weighted by Crippen LogP contribution is 2.20. The van der Waals surface area contributed by atoms with Crippen LogP contribution in [0.1, 0.15) is 18.2 Å². The van der Waals surface area contributed by atoms with Crippen LogP contribution in [0.25, 0.3) is 0 Å². The van der Waals surface area contributed by atoms with Gasteiger partial charge in [0.1, 0.15) is 5.82 Å². The minimum Gasteiger partial charge on any atom is -0.461 e. The van der Waals surface area contributed by atoms with Gasteiger partial charge in [-0.3, -0.25) is 10.5 Å². The predicted octanol–water partition coefficient (Wildman–Crippen LogP) is 1.26. The lowest BCUT2D eigenvalue weighted by Gasteiger charge is -2.36. The number of likely N-dealkylation sites (N-methyl/N-ethyl adjacent to an activating group) is 1. The SMILES string of the molecule is CC(=O)N1CCN(c2ccc(CCN(C)C3=CC(N=C(N)c4ccco4)=NC(N)N3C)cc2)CC1. The van der Waals surface area contributed by atoms with E-state index in [-0.39, 0.29) is 11.7 Å². The number of furan rings is 1. The zero-order valence-corrected chi connectivity index (χ0v) is 20.6. The van der Waals surface area contributed by atoms with Crippen LogP contribution in [-0.2, 0) is 11.2 Å². The molecule has 4 rings (SSSR count). The van der Waals surface area contributed by atoms with Crippen molar-refractivity contribution in [3.05, 3.63) is 65.9 Å². The van der Waals surface area contributed by atoms with Crippen LogP contribution in [0, 0.1) is 0 Å². The largest absolute Gasteiger partial charge is 0.461 e. The summed E-state index contributed by atoms with van der Waals surface area (Å²) >= 11 is 0. The van der Waals surface area contributed by atoms with Crippen molar-refractivity contribution >= 4 is 23.3 Å². The molecule has 1 atom stereocenters. The highest BCUT2D eigenvalue weighted by Gasteiger charge is 2.22. The van der Waals surface area contributed by atoms with Crippen molar-refractivity contribution in [1.29, 1.82) is 0 Å². The minimum absolute atomic E-state index is 0.148. The Bertz CT molecular complexity index is 1100. The second-order valence-corrected chi connectivity index (χ2v) is 8.82. The van der Waals surface area contributed by atoms with Crippen molar-refractivity contribution in [1.82, 2.24) is 14.7 Å². The fourth-order valence-electron chi connectivity index (χ4n) is 4.22. The quantitative estimate of drug-likeness (QED) is 0.474. The Kier molecular flexibility index (Phi) is 7.40. The summed E-state index contributed by atoms with van der Waals surface area (Å²) in [5.74, 6) is 2.27. The molecule has 35 heavy (non-hydrogen) atoms. The molecule has 0 aliphatic carbocycles. The summed E-state index contributed by atoms with van der Waals surface area (Å²) in [6.07, 6.45) is 3.75. The van der Waals surface area contributed by atoms with Gasteiger partial charge in [-0.25, -0.2) is 9.98 Å². The molecule has 186 valence electrons. The Hall–Kier alpha value is -3.79. The van der Waals surface area contributed by atoms with Crippen LogP contribution >= 0.6 is 0 Å². The summed E-state index contributed by atoms with van der Waals surface area (Å²) < 4.78 is 5.31. The smallest absolute Gasteiger partial charge is 0.219 e. The number of amidine groups is 2. The van der Waals surface area contributed by atoms with Crippen molar-refractivity contribution in [3.8, 4) is 0 Å². The zero-order chi connectivity index (χ0) is 24.9. The Morgan fingerprint density at radius 3 is 2.54 bits per heavy atom. The minimum atomic E-state index is -0.552. The molecule has 2 aliphatic rings. The number of rotatable bonds is 6. The number of benzene rings is 1. The van der Waals surface area contributed by atoms with Crippen molar-refractivity contribution < 1.29 is 9.21 Å². The number of hydrogen-bond donors (Lipinski definition) is 2. The van der Waals surface area contributed by atoms with E-state index in [4.69, 9.17) is 15.9 Å². The summed E-state index contributed by atoms with van der Waals surface area (Å²) in [6, 6.07) is 12.2. The lowest BCUT2D eigenvalue weighted by Crippen LogP contribution is -2.48. The summed E-state index contributed by atoms with van der Waals surface area (Å²) in [6.45, 7) is 5.69. The maximum atomic E-state index is 11.5. The van der Waals surface area contributed by atoms with Gasteiger partial charge in [-0.15, -0.1) is 0 Å². The molecule has 1 unspecified atom stereocenters. The first kappa shape index (κ1) is 24.3. The lowest BCUT2D eigenvalue weighted by atomic mass is 10.1. The third-order valence-electron chi connectivity index (χ3n) is 6.44. The molecule has 3 heterocycles. The van der Waals surface area contributed by atoms with Gasteiger partial charge in [-0.2, -0.15) is 0 Å². The second-order valence-electron chi connectivity index (χ2n) is 8.82. The highest BCUT2D eigenvalue weighted by molar-refractivity contribution is 6.07. The molecule has 10 heteroatoms. The molecule has 0 bridgehead atoms. The van der Waals surface area contributed by atoms with Gasteiger partial charge < -0.3 is 29.8 Å². The maximum absolute atomic E-state index is 11.5. The van der Waals surface area contributed by atoms with Gasteiger partial charge in [-0.1, -0.05) is 12.1 Å². The Labute approximate surface area is 206 Å². The zero-order valence-electron chi connectivity index (χ0n) is 20.6. The van der Waals surface area contributed by atoms with Crippen molar-refractivity contribution in [2.75, 3.05) is 51.7 Å². The number of hydrogen-bond acceptors (Lipinski definition) is 8. The molecular formula is C25H34N8O2. The van der Waals surface area contributed by atoms with Gasteiger partial charge in [0.15, 0.2) is 23.7 Å². The van der Waals surface area contributed by atoms with Gasteiger partial charge >= 0.3 is 0 Å². The second kappa shape index (κ2) is 10.6. The number of anilines is 1. The van der Waals surface area contributed by atoms with Crippen molar-refractivity contribution in [3.63, 3.8) is 0 Å². The summed E-state index contributed by atoms with van der Waals surface area (Å²) in [5.41, 5.74) is 14.7. The molecule has 0 saturated carbocycles. The molecule has 4 N–H and O–H groups in total. The molecule has 1 aromatic carbocycles. The summed E-state index contributed by atoms with van der Waals surface area (Å²) in [4.78, 5) is 28.6. The molecule has 1 fully saturated rings. The van der Waals surface area contributed by atoms with Crippen molar-refractivity contribution in [2.45, 2.75) is 19.6 Å². The fourth-order valence-corrected chi connectivity index (χ4v) is 4.22. The average molecular weight is 479 g/mol. The number of piperazine rings is 1. The van der Waals surface area contributed by atoms with Crippen LogP contribution < -0.4 is 16.4 Å². The topological polar surface area (TPSA) is 120 Å². The summed E-state index contributed by atoms with van der Waals surface area (Å²) in [7, 11) is 3.94. The van der Waals surface area contributed by atoms with E-state index in [1.807, 2.05) is 30.0 Å². The third-order valence-corrected chi connectivity index (χ3v) is 6.44. The Morgan fingerprint density at radius 1 is 1.20 bits per heavy atom. The fraction of sp³-hybridized carbons (Fsp3) is 0.400. The maximum Gasteiger partial charge on any atom is 0.219 e.